The van der Waals surface area contributed by atoms with E-state index in [1.165, 1.54) is 6.42 Å². The molecule has 0 saturated carbocycles. The molecule has 1 saturated heterocycles. The number of nitrogens with one attached hydrogen (secondary N) is 1. The average molecular weight is 250 g/mol. The second-order valence-electron chi connectivity index (χ2n) is 5.55. The molecule has 0 aromatic carbocycles. The minimum atomic E-state index is 0.392. The molecule has 1 N–H and O–H groups in total. The molecule has 3 heteroatoms. The molecule has 102 valence electrons. The van der Waals surface area contributed by atoms with Gasteiger partial charge in [-0.25, -0.2) is 0 Å². The van der Waals surface area contributed by atoms with Crippen LogP contribution >= 0.6 is 0 Å². The van der Waals surface area contributed by atoms with Crippen LogP contribution in [-0.4, -0.2) is 30.6 Å². The predicted molar refractivity (Wildman–Crippen MR) is 74.7 cm³/mol. The Labute approximate surface area is 111 Å². The van der Waals surface area contributed by atoms with Gasteiger partial charge < -0.3 is 9.73 Å². The second kappa shape index (κ2) is 5.89. The van der Waals surface area contributed by atoms with Crippen LogP contribution < -0.4 is 5.32 Å². The van der Waals surface area contributed by atoms with Crippen molar-refractivity contribution in [1.82, 2.24) is 10.2 Å². The number of rotatable bonds is 4. The average Bonchev–Trinajstić information content (AvgIpc) is 2.78. The summed E-state index contributed by atoms with van der Waals surface area (Å²) in [5.74, 6) is 2.81. The van der Waals surface area contributed by atoms with Crippen LogP contribution in [-0.2, 0) is 0 Å². The number of likely N-dealkylation sites (tertiary alicyclic amines) is 1. The highest BCUT2D eigenvalue weighted by Crippen LogP contribution is 2.27. The maximum atomic E-state index is 5.75. The smallest absolute Gasteiger partial charge is 0.121 e. The summed E-state index contributed by atoms with van der Waals surface area (Å²) in [4.78, 5) is 2.54. The molecule has 18 heavy (non-hydrogen) atoms. The van der Waals surface area contributed by atoms with Gasteiger partial charge >= 0.3 is 0 Å². The Morgan fingerprint density at radius 2 is 2.28 bits per heavy atom. The van der Waals surface area contributed by atoms with Crippen LogP contribution in [0.15, 0.2) is 16.5 Å². The molecule has 1 fully saturated rings. The van der Waals surface area contributed by atoms with Gasteiger partial charge in [-0.3, -0.25) is 4.90 Å². The maximum Gasteiger partial charge on any atom is 0.121 e. The summed E-state index contributed by atoms with van der Waals surface area (Å²) in [7, 11) is 0. The molecular formula is C15H26N2O. The lowest BCUT2D eigenvalue weighted by Gasteiger charge is -2.39. The van der Waals surface area contributed by atoms with Gasteiger partial charge in [0.2, 0.25) is 0 Å². The lowest BCUT2D eigenvalue weighted by atomic mass is 9.92. The Morgan fingerprint density at radius 3 is 2.83 bits per heavy atom. The van der Waals surface area contributed by atoms with E-state index in [0.717, 1.165) is 31.2 Å². The van der Waals surface area contributed by atoms with Crippen molar-refractivity contribution in [2.75, 3.05) is 19.6 Å². The molecule has 2 heterocycles. The first kappa shape index (κ1) is 13.6. The standard InChI is InChI=1S/C15H26N2O/c1-5-16-14-8-9-17(10-11(14)2)13(4)15-7-6-12(3)18-15/h6-7,11,13-14,16H,5,8-10H2,1-4H3. The van der Waals surface area contributed by atoms with Gasteiger partial charge in [0.25, 0.3) is 0 Å². The number of nitrogens with zero attached hydrogens (tertiary/aromatic N) is 1. The zero-order valence-electron chi connectivity index (χ0n) is 12.1. The fraction of sp³-hybridized carbons (Fsp3) is 0.733. The summed E-state index contributed by atoms with van der Waals surface area (Å²) >= 11 is 0. The van der Waals surface area contributed by atoms with Crippen molar-refractivity contribution in [3.8, 4) is 0 Å². The van der Waals surface area contributed by atoms with E-state index < -0.39 is 0 Å². The largest absolute Gasteiger partial charge is 0.465 e. The summed E-state index contributed by atoms with van der Waals surface area (Å²) in [6.07, 6.45) is 1.24. The highest BCUT2D eigenvalue weighted by atomic mass is 16.3. The first-order valence-corrected chi connectivity index (χ1v) is 7.15. The van der Waals surface area contributed by atoms with Crippen LogP contribution in [0.1, 0.15) is 44.8 Å². The molecule has 0 radical (unpaired) electrons. The van der Waals surface area contributed by atoms with Gasteiger partial charge in [0, 0.05) is 19.1 Å². The molecule has 1 aromatic rings. The quantitative estimate of drug-likeness (QED) is 0.890. The van der Waals surface area contributed by atoms with Crippen LogP contribution in [0.3, 0.4) is 0 Å². The van der Waals surface area contributed by atoms with Crippen molar-refractivity contribution in [2.24, 2.45) is 5.92 Å². The van der Waals surface area contributed by atoms with Gasteiger partial charge in [-0.1, -0.05) is 13.8 Å². The first-order chi connectivity index (χ1) is 8.61. The van der Waals surface area contributed by atoms with E-state index in [9.17, 15) is 0 Å². The van der Waals surface area contributed by atoms with Gasteiger partial charge in [-0.2, -0.15) is 0 Å². The Hall–Kier alpha value is -0.800. The van der Waals surface area contributed by atoms with Crippen molar-refractivity contribution in [3.05, 3.63) is 23.7 Å². The van der Waals surface area contributed by atoms with Gasteiger partial charge in [0.05, 0.1) is 6.04 Å². The Morgan fingerprint density at radius 1 is 1.50 bits per heavy atom. The van der Waals surface area contributed by atoms with Crippen molar-refractivity contribution < 1.29 is 4.42 Å². The highest BCUT2D eigenvalue weighted by molar-refractivity contribution is 5.09. The highest BCUT2D eigenvalue weighted by Gasteiger charge is 2.29. The topological polar surface area (TPSA) is 28.4 Å². The molecule has 2 rings (SSSR count). The third-order valence-corrected chi connectivity index (χ3v) is 4.12. The second-order valence-corrected chi connectivity index (χ2v) is 5.55. The van der Waals surface area contributed by atoms with Crippen molar-refractivity contribution in [3.63, 3.8) is 0 Å². The Kier molecular flexibility index (Phi) is 4.46. The SMILES string of the molecule is CCNC1CCN(C(C)c2ccc(C)o2)CC1C. The monoisotopic (exact) mass is 250 g/mol. The van der Waals surface area contributed by atoms with E-state index in [0.29, 0.717) is 18.0 Å². The van der Waals surface area contributed by atoms with Crippen LogP contribution in [0.2, 0.25) is 0 Å². The minimum Gasteiger partial charge on any atom is -0.465 e. The van der Waals surface area contributed by atoms with E-state index in [4.69, 9.17) is 4.42 Å². The Bertz CT molecular complexity index is 374. The lowest BCUT2D eigenvalue weighted by Crippen LogP contribution is -2.48. The predicted octanol–water partition coefficient (Wildman–Crippen LogP) is 2.97. The van der Waals surface area contributed by atoms with E-state index in [1.54, 1.807) is 0 Å². The van der Waals surface area contributed by atoms with Crippen LogP contribution in [0.25, 0.3) is 0 Å². The van der Waals surface area contributed by atoms with Crippen molar-refractivity contribution >= 4 is 0 Å². The fourth-order valence-electron chi connectivity index (χ4n) is 2.95. The molecule has 3 unspecified atom stereocenters. The number of hydrogen-bond donors (Lipinski definition) is 1. The maximum absolute atomic E-state index is 5.75. The Balaban J connectivity index is 1.95. The number of furan rings is 1. The van der Waals surface area contributed by atoms with Gasteiger partial charge in [-0.05, 0) is 44.9 Å². The van der Waals surface area contributed by atoms with Crippen molar-refractivity contribution in [2.45, 2.75) is 46.2 Å². The first-order valence-electron chi connectivity index (χ1n) is 7.15. The van der Waals surface area contributed by atoms with Gasteiger partial charge in [0.1, 0.15) is 11.5 Å². The molecule has 0 amide bonds. The van der Waals surface area contributed by atoms with E-state index >= 15 is 0 Å². The van der Waals surface area contributed by atoms with E-state index in [-0.39, 0.29) is 0 Å². The summed E-state index contributed by atoms with van der Waals surface area (Å²) in [6.45, 7) is 12.2. The summed E-state index contributed by atoms with van der Waals surface area (Å²) in [5.41, 5.74) is 0. The molecule has 0 spiro atoms. The number of piperidine rings is 1. The molecule has 0 bridgehead atoms. The van der Waals surface area contributed by atoms with Gasteiger partial charge in [0.15, 0.2) is 0 Å². The third-order valence-electron chi connectivity index (χ3n) is 4.12. The van der Waals surface area contributed by atoms with E-state index in [1.807, 2.05) is 6.92 Å². The number of aryl methyl sites for hydroxylation is 1. The van der Waals surface area contributed by atoms with Crippen molar-refractivity contribution in [1.29, 1.82) is 0 Å². The summed E-state index contributed by atoms with van der Waals surface area (Å²) < 4.78 is 5.75. The van der Waals surface area contributed by atoms with Crippen LogP contribution in [0.4, 0.5) is 0 Å². The molecule has 1 aliphatic rings. The number of hydrogen-bond acceptors (Lipinski definition) is 3. The zero-order chi connectivity index (χ0) is 13.1. The lowest BCUT2D eigenvalue weighted by molar-refractivity contribution is 0.101. The minimum absolute atomic E-state index is 0.392. The van der Waals surface area contributed by atoms with Gasteiger partial charge in [-0.15, -0.1) is 0 Å². The molecule has 1 aromatic heterocycles. The van der Waals surface area contributed by atoms with Crippen LogP contribution in [0, 0.1) is 12.8 Å². The molecule has 3 nitrogen and oxygen atoms in total. The zero-order valence-corrected chi connectivity index (χ0v) is 12.1. The molecule has 0 aliphatic carbocycles. The normalized spacial score (nSPS) is 27.3. The van der Waals surface area contributed by atoms with E-state index in [2.05, 4.69) is 43.1 Å². The fourth-order valence-corrected chi connectivity index (χ4v) is 2.95. The van der Waals surface area contributed by atoms with Crippen LogP contribution in [0.5, 0.6) is 0 Å². The summed E-state index contributed by atoms with van der Waals surface area (Å²) in [6, 6.07) is 5.24. The molecular weight excluding hydrogens is 224 g/mol. The third kappa shape index (κ3) is 2.96. The summed E-state index contributed by atoms with van der Waals surface area (Å²) in [5, 5.41) is 3.59. The molecule has 1 aliphatic heterocycles. The molecule has 3 atom stereocenters.